The number of nitrogens with zero attached hydrogens (tertiary/aromatic N) is 3. The maximum Gasteiger partial charge on any atom is 0.251 e. The van der Waals surface area contributed by atoms with E-state index in [1.54, 1.807) is 54.6 Å². The molecule has 0 spiro atoms. The third-order valence-corrected chi connectivity index (χ3v) is 7.37. The number of aromatic nitrogens is 2. The van der Waals surface area contributed by atoms with E-state index in [9.17, 15) is 14.0 Å². The van der Waals surface area contributed by atoms with Crippen LogP contribution in [-0.4, -0.2) is 46.7 Å². The molecule has 11 heteroatoms. The Balaban J connectivity index is 1.72. The van der Waals surface area contributed by atoms with E-state index in [1.165, 1.54) is 43.0 Å². The Bertz CT molecular complexity index is 1530. The molecule has 0 bridgehead atoms. The van der Waals surface area contributed by atoms with Gasteiger partial charge in [-0.15, -0.1) is 0 Å². The van der Waals surface area contributed by atoms with E-state index in [4.69, 9.17) is 21.1 Å². The van der Waals surface area contributed by atoms with Crippen LogP contribution in [0.1, 0.15) is 28.6 Å². The van der Waals surface area contributed by atoms with Gasteiger partial charge in [-0.25, -0.2) is 14.4 Å². The number of hydrogen-bond acceptors (Lipinski definition) is 7. The monoisotopic (exact) mass is 608 g/mol. The summed E-state index contributed by atoms with van der Waals surface area (Å²) in [5.41, 5.74) is 3.15. The van der Waals surface area contributed by atoms with Crippen LogP contribution in [0.4, 0.5) is 10.1 Å². The molecule has 218 valence electrons. The molecule has 1 aromatic heterocycles. The van der Waals surface area contributed by atoms with Gasteiger partial charge in [0.1, 0.15) is 23.4 Å². The van der Waals surface area contributed by atoms with E-state index in [0.717, 1.165) is 11.4 Å². The SMILES string of the molecule is COc1ccc(NC(=O)C(c2ccc(Cl)cc2)N(Cc2ccc(F)cc2)C(=O)CSc2nc(C)cc(C)n2)c(OC)c1. The largest absolute Gasteiger partial charge is 0.497 e. The van der Waals surface area contributed by atoms with Crippen LogP contribution in [-0.2, 0) is 16.1 Å². The molecular weight excluding hydrogens is 579 g/mol. The molecule has 0 fully saturated rings. The lowest BCUT2D eigenvalue weighted by Crippen LogP contribution is -2.41. The van der Waals surface area contributed by atoms with Gasteiger partial charge in [0.25, 0.3) is 5.91 Å². The van der Waals surface area contributed by atoms with Crippen LogP contribution in [0.3, 0.4) is 0 Å². The Kier molecular flexibility index (Phi) is 10.4. The average molecular weight is 609 g/mol. The summed E-state index contributed by atoms with van der Waals surface area (Å²) in [6.45, 7) is 3.75. The van der Waals surface area contributed by atoms with Crippen LogP contribution in [0.15, 0.2) is 78.0 Å². The molecule has 2 amide bonds. The number of thioether (sulfide) groups is 1. The normalized spacial score (nSPS) is 11.5. The van der Waals surface area contributed by atoms with Crippen LogP contribution in [0.2, 0.25) is 5.02 Å². The molecule has 0 saturated carbocycles. The summed E-state index contributed by atoms with van der Waals surface area (Å²) in [4.78, 5) is 38.3. The second-order valence-electron chi connectivity index (χ2n) is 9.38. The first kappa shape index (κ1) is 30.8. The molecule has 1 unspecified atom stereocenters. The number of ether oxygens (including phenoxy) is 2. The highest BCUT2D eigenvalue weighted by Gasteiger charge is 2.32. The molecule has 0 aliphatic rings. The third kappa shape index (κ3) is 7.98. The highest BCUT2D eigenvalue weighted by atomic mass is 35.5. The summed E-state index contributed by atoms with van der Waals surface area (Å²) in [6, 6.07) is 18.3. The number of carbonyl (C=O) groups is 2. The molecule has 0 aliphatic carbocycles. The number of methoxy groups -OCH3 is 2. The summed E-state index contributed by atoms with van der Waals surface area (Å²) >= 11 is 7.34. The highest BCUT2D eigenvalue weighted by Crippen LogP contribution is 2.32. The first-order chi connectivity index (χ1) is 20.2. The minimum absolute atomic E-state index is 0.0344. The molecule has 4 aromatic rings. The molecule has 0 radical (unpaired) electrons. The number of hydrogen-bond donors (Lipinski definition) is 1. The Morgan fingerprint density at radius 3 is 2.24 bits per heavy atom. The van der Waals surface area contributed by atoms with Crippen molar-refractivity contribution in [3.05, 3.63) is 106 Å². The van der Waals surface area contributed by atoms with Crippen molar-refractivity contribution in [2.45, 2.75) is 31.6 Å². The second kappa shape index (κ2) is 14.2. The number of aryl methyl sites for hydroxylation is 2. The van der Waals surface area contributed by atoms with Gasteiger partial charge in [-0.05, 0) is 67.4 Å². The van der Waals surface area contributed by atoms with Gasteiger partial charge >= 0.3 is 0 Å². The van der Waals surface area contributed by atoms with Crippen LogP contribution < -0.4 is 14.8 Å². The predicted octanol–water partition coefficient (Wildman–Crippen LogP) is 6.40. The molecule has 3 aromatic carbocycles. The standard InChI is InChI=1S/C31H30ClFN4O4S/c1-19-15-20(2)35-31(34-19)42-18-28(38)37(17-21-5-11-24(33)12-6-21)29(22-7-9-23(32)10-8-22)30(39)36-26-14-13-25(40-3)16-27(26)41-4/h5-16,29H,17-18H2,1-4H3,(H,36,39). The van der Waals surface area contributed by atoms with Crippen molar-refractivity contribution in [3.8, 4) is 11.5 Å². The van der Waals surface area contributed by atoms with Crippen LogP contribution in [0.25, 0.3) is 0 Å². The zero-order chi connectivity index (χ0) is 30.2. The summed E-state index contributed by atoms with van der Waals surface area (Å²) in [6.07, 6.45) is 0. The molecular formula is C31H30ClFN4O4S. The smallest absolute Gasteiger partial charge is 0.251 e. The highest BCUT2D eigenvalue weighted by molar-refractivity contribution is 7.99. The van der Waals surface area contributed by atoms with E-state index in [2.05, 4.69) is 15.3 Å². The summed E-state index contributed by atoms with van der Waals surface area (Å²) in [5.74, 6) is -0.326. The van der Waals surface area contributed by atoms with Crippen molar-refractivity contribution in [1.29, 1.82) is 0 Å². The lowest BCUT2D eigenvalue weighted by molar-refractivity contribution is -0.137. The first-order valence-electron chi connectivity index (χ1n) is 12.9. The van der Waals surface area contributed by atoms with Gasteiger partial charge in [-0.1, -0.05) is 47.6 Å². The zero-order valence-electron chi connectivity index (χ0n) is 23.6. The molecule has 0 saturated heterocycles. The van der Waals surface area contributed by atoms with Gasteiger partial charge in [0.05, 0.1) is 25.7 Å². The minimum Gasteiger partial charge on any atom is -0.497 e. The number of carbonyl (C=O) groups excluding carboxylic acids is 2. The van der Waals surface area contributed by atoms with Crippen LogP contribution in [0, 0.1) is 19.7 Å². The van der Waals surface area contributed by atoms with Gasteiger partial charge in [-0.3, -0.25) is 9.59 Å². The number of halogens is 2. The van der Waals surface area contributed by atoms with E-state index < -0.39 is 17.8 Å². The quantitative estimate of drug-likeness (QED) is 0.155. The minimum atomic E-state index is -1.08. The molecule has 1 heterocycles. The van der Waals surface area contributed by atoms with Crippen molar-refractivity contribution < 1.29 is 23.5 Å². The van der Waals surface area contributed by atoms with Crippen molar-refractivity contribution in [2.75, 3.05) is 25.3 Å². The number of benzene rings is 3. The molecule has 8 nitrogen and oxygen atoms in total. The van der Waals surface area contributed by atoms with Crippen LogP contribution >= 0.6 is 23.4 Å². The lowest BCUT2D eigenvalue weighted by Gasteiger charge is -2.32. The summed E-state index contributed by atoms with van der Waals surface area (Å²) < 4.78 is 24.5. The van der Waals surface area contributed by atoms with Gasteiger partial charge in [0.2, 0.25) is 5.91 Å². The predicted molar refractivity (Wildman–Crippen MR) is 162 cm³/mol. The van der Waals surface area contributed by atoms with Crippen molar-refractivity contribution in [3.63, 3.8) is 0 Å². The Labute approximate surface area is 253 Å². The molecule has 1 atom stereocenters. The maximum atomic E-state index is 14.1. The fourth-order valence-corrected chi connectivity index (χ4v) is 5.26. The molecule has 42 heavy (non-hydrogen) atoms. The van der Waals surface area contributed by atoms with Crippen molar-refractivity contribution >= 4 is 40.9 Å². The van der Waals surface area contributed by atoms with E-state index >= 15 is 0 Å². The molecule has 0 aliphatic heterocycles. The van der Waals surface area contributed by atoms with Gasteiger partial charge in [-0.2, -0.15) is 0 Å². The number of anilines is 1. The first-order valence-corrected chi connectivity index (χ1v) is 14.3. The number of amides is 2. The van der Waals surface area contributed by atoms with E-state index in [1.807, 2.05) is 19.9 Å². The fourth-order valence-electron chi connectivity index (χ4n) is 4.30. The van der Waals surface area contributed by atoms with Crippen molar-refractivity contribution in [1.82, 2.24) is 14.9 Å². The average Bonchev–Trinajstić information content (AvgIpc) is 2.97. The Morgan fingerprint density at radius 2 is 1.62 bits per heavy atom. The molecule has 1 N–H and O–H groups in total. The summed E-state index contributed by atoms with van der Waals surface area (Å²) in [7, 11) is 3.02. The number of rotatable bonds is 11. The second-order valence-corrected chi connectivity index (χ2v) is 10.8. The van der Waals surface area contributed by atoms with E-state index in [-0.39, 0.29) is 18.2 Å². The number of nitrogens with one attached hydrogen (secondary N) is 1. The van der Waals surface area contributed by atoms with Crippen LogP contribution in [0.5, 0.6) is 11.5 Å². The van der Waals surface area contributed by atoms with Crippen molar-refractivity contribution in [2.24, 2.45) is 0 Å². The van der Waals surface area contributed by atoms with Gasteiger partial charge in [0.15, 0.2) is 5.16 Å². The zero-order valence-corrected chi connectivity index (χ0v) is 25.1. The van der Waals surface area contributed by atoms with E-state index in [0.29, 0.717) is 38.5 Å². The Morgan fingerprint density at radius 1 is 0.952 bits per heavy atom. The fraction of sp³-hybridized carbons (Fsp3) is 0.226. The van der Waals surface area contributed by atoms with Gasteiger partial charge < -0.3 is 19.7 Å². The summed E-state index contributed by atoms with van der Waals surface area (Å²) in [5, 5.41) is 3.84. The third-order valence-electron chi connectivity index (χ3n) is 6.29. The lowest BCUT2D eigenvalue weighted by atomic mass is 10.0. The maximum absolute atomic E-state index is 14.1. The van der Waals surface area contributed by atoms with Gasteiger partial charge in [0, 0.05) is 29.0 Å². The topological polar surface area (TPSA) is 93.7 Å². The Hall–Kier alpha value is -4.15. The molecule has 4 rings (SSSR count).